The lowest BCUT2D eigenvalue weighted by Crippen LogP contribution is -2.17. The summed E-state index contributed by atoms with van der Waals surface area (Å²) >= 11 is 0. The van der Waals surface area contributed by atoms with Crippen LogP contribution in [0.1, 0.15) is 27.7 Å². The van der Waals surface area contributed by atoms with Crippen LogP contribution < -0.4 is 0 Å². The van der Waals surface area contributed by atoms with E-state index in [2.05, 4.69) is 0 Å². The first-order valence-corrected chi connectivity index (χ1v) is 3.22. The predicted octanol–water partition coefficient (Wildman–Crippen LogP) is 2.47. The van der Waals surface area contributed by atoms with Gasteiger partial charge >= 0.3 is 0 Å². The highest BCUT2D eigenvalue weighted by Gasteiger charge is 2.18. The minimum Gasteiger partial charge on any atom is -0.294 e. The van der Waals surface area contributed by atoms with Crippen LogP contribution in [0.15, 0.2) is 11.9 Å². The minimum atomic E-state index is -0.465. The second-order valence-corrected chi connectivity index (χ2v) is 3.35. The molecule has 1 nitrogen and oxygen atoms in total. The van der Waals surface area contributed by atoms with Gasteiger partial charge in [0, 0.05) is 11.5 Å². The Kier molecular flexibility index (Phi) is 2.76. The predicted molar refractivity (Wildman–Crippen MR) is 39.3 cm³/mol. The standard InChI is InChI=1S/C8H13FO/c1-6(9)5-7(10)8(2,3)4/h5H,1-4H3/b6-5-. The molecular weight excluding hydrogens is 131 g/mol. The highest BCUT2D eigenvalue weighted by Crippen LogP contribution is 2.16. The van der Waals surface area contributed by atoms with Crippen molar-refractivity contribution in [3.8, 4) is 0 Å². The zero-order valence-corrected chi connectivity index (χ0v) is 6.86. The first-order valence-electron chi connectivity index (χ1n) is 3.22. The summed E-state index contributed by atoms with van der Waals surface area (Å²) in [4.78, 5) is 11.0. The monoisotopic (exact) mass is 144 g/mol. The van der Waals surface area contributed by atoms with E-state index in [1.54, 1.807) is 20.8 Å². The molecule has 0 amide bonds. The summed E-state index contributed by atoms with van der Waals surface area (Å²) < 4.78 is 12.1. The van der Waals surface area contributed by atoms with Crippen LogP contribution in [0.2, 0.25) is 0 Å². The Bertz CT molecular complexity index is 159. The van der Waals surface area contributed by atoms with E-state index in [0.29, 0.717) is 0 Å². The summed E-state index contributed by atoms with van der Waals surface area (Å²) in [6, 6.07) is 0. The SMILES string of the molecule is C/C(F)=C/C(=O)C(C)(C)C. The number of ketones is 1. The van der Waals surface area contributed by atoms with Crippen molar-refractivity contribution in [2.75, 3.05) is 0 Å². The van der Waals surface area contributed by atoms with Crippen molar-refractivity contribution in [2.45, 2.75) is 27.7 Å². The van der Waals surface area contributed by atoms with E-state index in [1.807, 2.05) is 0 Å². The maximum atomic E-state index is 12.1. The Morgan fingerprint density at radius 2 is 1.80 bits per heavy atom. The highest BCUT2D eigenvalue weighted by molar-refractivity contribution is 5.94. The van der Waals surface area contributed by atoms with Crippen LogP contribution in [0.4, 0.5) is 4.39 Å². The Balaban J connectivity index is 4.27. The molecule has 0 aliphatic rings. The number of rotatable bonds is 1. The third-order valence-electron chi connectivity index (χ3n) is 1.07. The van der Waals surface area contributed by atoms with Crippen molar-refractivity contribution < 1.29 is 9.18 Å². The Labute approximate surface area is 60.9 Å². The molecule has 0 unspecified atom stereocenters. The molecule has 10 heavy (non-hydrogen) atoms. The van der Waals surface area contributed by atoms with Crippen LogP contribution >= 0.6 is 0 Å². The number of hydrogen-bond acceptors (Lipinski definition) is 1. The number of allylic oxidation sites excluding steroid dienone is 2. The van der Waals surface area contributed by atoms with Gasteiger partial charge in [0.05, 0.1) is 0 Å². The lowest BCUT2D eigenvalue weighted by atomic mass is 9.91. The second-order valence-electron chi connectivity index (χ2n) is 3.35. The molecule has 2 heteroatoms. The molecule has 0 aromatic carbocycles. The van der Waals surface area contributed by atoms with Crippen molar-refractivity contribution in [3.63, 3.8) is 0 Å². The van der Waals surface area contributed by atoms with Crippen molar-refractivity contribution >= 4 is 5.78 Å². The lowest BCUT2D eigenvalue weighted by Gasteiger charge is -2.12. The molecule has 0 heterocycles. The zero-order chi connectivity index (χ0) is 8.36. The van der Waals surface area contributed by atoms with Gasteiger partial charge in [0.15, 0.2) is 5.78 Å². The van der Waals surface area contributed by atoms with Crippen molar-refractivity contribution in [2.24, 2.45) is 5.41 Å². The normalized spacial score (nSPS) is 13.5. The van der Waals surface area contributed by atoms with E-state index < -0.39 is 11.2 Å². The Hall–Kier alpha value is -0.660. The molecule has 0 N–H and O–H groups in total. The van der Waals surface area contributed by atoms with Gasteiger partial charge in [-0.2, -0.15) is 0 Å². The van der Waals surface area contributed by atoms with Gasteiger partial charge in [-0.15, -0.1) is 0 Å². The first kappa shape index (κ1) is 9.34. The summed E-state index contributed by atoms with van der Waals surface area (Å²) in [5.74, 6) is -0.604. The van der Waals surface area contributed by atoms with Crippen LogP contribution in [-0.4, -0.2) is 5.78 Å². The summed E-state index contributed by atoms with van der Waals surface area (Å²) in [5.41, 5.74) is -0.465. The molecule has 0 aromatic rings. The van der Waals surface area contributed by atoms with Crippen molar-refractivity contribution in [3.05, 3.63) is 11.9 Å². The molecule has 58 valence electrons. The molecule has 0 radical (unpaired) electrons. The van der Waals surface area contributed by atoms with Gasteiger partial charge in [-0.25, -0.2) is 4.39 Å². The average Bonchev–Trinajstić information content (AvgIpc) is 1.60. The van der Waals surface area contributed by atoms with Gasteiger partial charge in [0.1, 0.15) is 5.83 Å². The van der Waals surface area contributed by atoms with Crippen LogP contribution in [0.3, 0.4) is 0 Å². The van der Waals surface area contributed by atoms with E-state index in [-0.39, 0.29) is 5.78 Å². The quantitative estimate of drug-likeness (QED) is 0.517. The molecule has 0 aliphatic heterocycles. The fraction of sp³-hybridized carbons (Fsp3) is 0.625. The van der Waals surface area contributed by atoms with E-state index in [0.717, 1.165) is 6.08 Å². The maximum Gasteiger partial charge on any atom is 0.163 e. The third-order valence-corrected chi connectivity index (χ3v) is 1.07. The fourth-order valence-electron chi connectivity index (χ4n) is 0.397. The van der Waals surface area contributed by atoms with Gasteiger partial charge in [-0.3, -0.25) is 4.79 Å². The molecule has 0 saturated carbocycles. The Morgan fingerprint density at radius 1 is 1.40 bits per heavy atom. The molecule has 0 rings (SSSR count). The van der Waals surface area contributed by atoms with Crippen molar-refractivity contribution in [1.29, 1.82) is 0 Å². The molecule has 0 fully saturated rings. The third kappa shape index (κ3) is 3.38. The number of carbonyl (C=O) groups is 1. The molecule has 0 saturated heterocycles. The topological polar surface area (TPSA) is 17.1 Å². The van der Waals surface area contributed by atoms with Crippen LogP contribution in [0.25, 0.3) is 0 Å². The minimum absolute atomic E-state index is 0.174. The molecular formula is C8H13FO. The van der Waals surface area contributed by atoms with Crippen molar-refractivity contribution in [1.82, 2.24) is 0 Å². The van der Waals surface area contributed by atoms with Crippen LogP contribution in [0, 0.1) is 5.41 Å². The molecule has 0 aliphatic carbocycles. The number of halogens is 1. The van der Waals surface area contributed by atoms with Crippen LogP contribution in [-0.2, 0) is 4.79 Å². The van der Waals surface area contributed by atoms with E-state index in [1.165, 1.54) is 6.92 Å². The van der Waals surface area contributed by atoms with Gasteiger partial charge in [-0.05, 0) is 6.92 Å². The Morgan fingerprint density at radius 3 is 1.90 bits per heavy atom. The first-order chi connectivity index (χ1) is 4.34. The average molecular weight is 144 g/mol. The van der Waals surface area contributed by atoms with E-state index >= 15 is 0 Å². The fourth-order valence-corrected chi connectivity index (χ4v) is 0.397. The van der Waals surface area contributed by atoms with E-state index in [9.17, 15) is 9.18 Å². The summed E-state index contributed by atoms with van der Waals surface area (Å²) in [5, 5.41) is 0. The molecule has 0 spiro atoms. The zero-order valence-electron chi connectivity index (χ0n) is 6.86. The van der Waals surface area contributed by atoms with Gasteiger partial charge < -0.3 is 0 Å². The largest absolute Gasteiger partial charge is 0.294 e. The number of hydrogen-bond donors (Lipinski definition) is 0. The maximum absolute atomic E-state index is 12.1. The highest BCUT2D eigenvalue weighted by atomic mass is 19.1. The lowest BCUT2D eigenvalue weighted by molar-refractivity contribution is -0.121. The summed E-state index contributed by atoms with van der Waals surface area (Å²) in [6.07, 6.45) is 1.03. The van der Waals surface area contributed by atoms with Gasteiger partial charge in [-0.1, -0.05) is 20.8 Å². The van der Waals surface area contributed by atoms with Crippen LogP contribution in [0.5, 0.6) is 0 Å². The van der Waals surface area contributed by atoms with Gasteiger partial charge in [0.25, 0.3) is 0 Å². The number of carbonyl (C=O) groups excluding carboxylic acids is 1. The van der Waals surface area contributed by atoms with Gasteiger partial charge in [0.2, 0.25) is 0 Å². The summed E-state index contributed by atoms with van der Waals surface area (Å²) in [7, 11) is 0. The summed E-state index contributed by atoms with van der Waals surface area (Å²) in [6.45, 7) is 6.54. The molecule has 0 atom stereocenters. The second kappa shape index (κ2) is 2.95. The molecule has 0 aromatic heterocycles. The van der Waals surface area contributed by atoms with E-state index in [4.69, 9.17) is 0 Å². The smallest absolute Gasteiger partial charge is 0.163 e. The molecule has 0 bridgehead atoms.